The van der Waals surface area contributed by atoms with Crippen molar-refractivity contribution in [2.45, 2.75) is 12.3 Å². The molecule has 2 aromatic carbocycles. The Hall–Kier alpha value is -1.88. The van der Waals surface area contributed by atoms with Crippen LogP contribution in [0.3, 0.4) is 0 Å². The Morgan fingerprint density at radius 1 is 1.08 bits per heavy atom. The van der Waals surface area contributed by atoms with E-state index in [1.54, 1.807) is 0 Å². The second-order valence-electron chi connectivity index (χ2n) is 6.53. The fraction of sp³-hybridized carbons (Fsp3) is 0.381. The van der Waals surface area contributed by atoms with Crippen molar-refractivity contribution in [3.63, 3.8) is 0 Å². The van der Waals surface area contributed by atoms with E-state index in [0.29, 0.717) is 18.0 Å². The van der Waals surface area contributed by atoms with Gasteiger partial charge >= 0.3 is 0 Å². The zero-order valence-corrected chi connectivity index (χ0v) is 15.6. The summed E-state index contributed by atoms with van der Waals surface area (Å²) in [5, 5.41) is 3.75. The third-order valence-corrected chi connectivity index (χ3v) is 4.93. The molecule has 4 nitrogen and oxygen atoms in total. The van der Waals surface area contributed by atoms with Crippen LogP contribution in [0.2, 0.25) is 5.02 Å². The van der Waals surface area contributed by atoms with E-state index >= 15 is 0 Å². The van der Waals surface area contributed by atoms with E-state index in [0.717, 1.165) is 44.0 Å². The maximum atomic E-state index is 12.5. The summed E-state index contributed by atoms with van der Waals surface area (Å²) in [6.07, 6.45) is 0.410. The number of morpholine rings is 1. The predicted molar refractivity (Wildman–Crippen MR) is 105 cm³/mol. The molecule has 0 aromatic heterocycles. The number of carbonyl (C=O) groups is 1. The van der Waals surface area contributed by atoms with Gasteiger partial charge in [-0.1, -0.05) is 54.1 Å². The molecule has 2 aromatic rings. The summed E-state index contributed by atoms with van der Waals surface area (Å²) in [7, 11) is 0. The number of nitrogens with zero attached hydrogens (tertiary/aromatic N) is 1. The topological polar surface area (TPSA) is 41.6 Å². The molecule has 0 unspecified atom stereocenters. The van der Waals surface area contributed by atoms with Gasteiger partial charge in [0.1, 0.15) is 0 Å². The Bertz CT molecular complexity index is 702. The van der Waals surface area contributed by atoms with Gasteiger partial charge in [0, 0.05) is 43.5 Å². The molecule has 1 aliphatic rings. The van der Waals surface area contributed by atoms with Crippen LogP contribution in [-0.4, -0.2) is 50.2 Å². The smallest absolute Gasteiger partial charge is 0.220 e. The molecule has 3 rings (SSSR count). The molecule has 0 radical (unpaired) electrons. The molecule has 1 aliphatic heterocycles. The van der Waals surface area contributed by atoms with Crippen molar-refractivity contribution >= 4 is 17.5 Å². The van der Waals surface area contributed by atoms with Crippen LogP contribution >= 0.6 is 11.6 Å². The molecule has 0 saturated carbocycles. The summed E-state index contributed by atoms with van der Waals surface area (Å²) in [4.78, 5) is 14.9. The Labute approximate surface area is 160 Å². The van der Waals surface area contributed by atoms with Crippen LogP contribution in [0.15, 0.2) is 54.6 Å². The average Bonchev–Trinajstić information content (AvgIpc) is 2.68. The van der Waals surface area contributed by atoms with E-state index in [1.807, 2.05) is 42.5 Å². The maximum absolute atomic E-state index is 12.5. The Morgan fingerprint density at radius 2 is 1.81 bits per heavy atom. The highest BCUT2D eigenvalue weighted by Gasteiger charge is 2.19. The van der Waals surface area contributed by atoms with Crippen LogP contribution in [0.1, 0.15) is 23.5 Å². The normalized spacial score (nSPS) is 16.2. The van der Waals surface area contributed by atoms with Crippen LogP contribution in [0.4, 0.5) is 0 Å². The van der Waals surface area contributed by atoms with Crippen molar-refractivity contribution in [1.29, 1.82) is 0 Å². The van der Waals surface area contributed by atoms with Crippen molar-refractivity contribution in [2.75, 3.05) is 39.4 Å². The molecule has 5 heteroatoms. The lowest BCUT2D eigenvalue weighted by Gasteiger charge is -2.26. The minimum Gasteiger partial charge on any atom is -0.379 e. The number of benzene rings is 2. The summed E-state index contributed by atoms with van der Waals surface area (Å²) < 4.78 is 5.35. The summed E-state index contributed by atoms with van der Waals surface area (Å²) >= 11 is 6.17. The first-order chi connectivity index (χ1) is 12.7. The first-order valence-electron chi connectivity index (χ1n) is 9.09. The molecule has 1 amide bonds. The highest BCUT2D eigenvalue weighted by Crippen LogP contribution is 2.29. The lowest BCUT2D eigenvalue weighted by molar-refractivity contribution is -0.121. The monoisotopic (exact) mass is 372 g/mol. The van der Waals surface area contributed by atoms with Crippen LogP contribution < -0.4 is 5.32 Å². The number of nitrogens with one attached hydrogen (secondary N) is 1. The summed E-state index contributed by atoms with van der Waals surface area (Å²) in [6.45, 7) is 4.95. The number of rotatable bonds is 7. The Kier molecular flexibility index (Phi) is 7.06. The van der Waals surface area contributed by atoms with Crippen LogP contribution in [0.5, 0.6) is 0 Å². The van der Waals surface area contributed by atoms with Crippen LogP contribution in [0, 0.1) is 0 Å². The second kappa shape index (κ2) is 9.72. The second-order valence-corrected chi connectivity index (χ2v) is 6.96. The fourth-order valence-electron chi connectivity index (χ4n) is 3.27. The first kappa shape index (κ1) is 18.9. The molecule has 26 heavy (non-hydrogen) atoms. The van der Waals surface area contributed by atoms with Gasteiger partial charge in [-0.2, -0.15) is 0 Å². The summed E-state index contributed by atoms with van der Waals surface area (Å²) in [6, 6.07) is 17.9. The predicted octanol–water partition coefficient (Wildman–Crippen LogP) is 3.31. The van der Waals surface area contributed by atoms with E-state index in [2.05, 4.69) is 22.3 Å². The molecule has 0 spiro atoms. The number of hydrogen-bond donors (Lipinski definition) is 1. The van der Waals surface area contributed by atoms with E-state index in [9.17, 15) is 4.79 Å². The van der Waals surface area contributed by atoms with Gasteiger partial charge in [-0.25, -0.2) is 0 Å². The number of hydrogen-bond acceptors (Lipinski definition) is 3. The van der Waals surface area contributed by atoms with Gasteiger partial charge in [-0.3, -0.25) is 9.69 Å². The quantitative estimate of drug-likeness (QED) is 0.810. The van der Waals surface area contributed by atoms with Gasteiger partial charge in [0.05, 0.1) is 13.2 Å². The third-order valence-electron chi connectivity index (χ3n) is 4.70. The van der Waals surface area contributed by atoms with Gasteiger partial charge in [0.25, 0.3) is 0 Å². The molecular weight excluding hydrogens is 348 g/mol. The van der Waals surface area contributed by atoms with Crippen molar-refractivity contribution in [1.82, 2.24) is 10.2 Å². The fourth-order valence-corrected chi connectivity index (χ4v) is 3.47. The zero-order valence-electron chi connectivity index (χ0n) is 14.9. The lowest BCUT2D eigenvalue weighted by Crippen LogP contribution is -2.41. The Morgan fingerprint density at radius 3 is 2.54 bits per heavy atom. The van der Waals surface area contributed by atoms with E-state index in [4.69, 9.17) is 16.3 Å². The molecular formula is C21H25ClN2O2. The molecule has 1 atom stereocenters. The maximum Gasteiger partial charge on any atom is 0.220 e. The highest BCUT2D eigenvalue weighted by molar-refractivity contribution is 6.30. The summed E-state index contributed by atoms with van der Waals surface area (Å²) in [5.41, 5.74) is 2.19. The van der Waals surface area contributed by atoms with Gasteiger partial charge < -0.3 is 10.1 Å². The zero-order chi connectivity index (χ0) is 18.2. The van der Waals surface area contributed by atoms with Crippen molar-refractivity contribution in [3.05, 3.63) is 70.7 Å². The minimum absolute atomic E-state index is 0.00159. The van der Waals surface area contributed by atoms with Gasteiger partial charge in [-0.05, 0) is 23.3 Å². The third kappa shape index (κ3) is 5.56. The van der Waals surface area contributed by atoms with Gasteiger partial charge in [-0.15, -0.1) is 0 Å². The first-order valence-corrected chi connectivity index (χ1v) is 9.47. The van der Waals surface area contributed by atoms with Crippen molar-refractivity contribution < 1.29 is 9.53 Å². The van der Waals surface area contributed by atoms with Gasteiger partial charge in [0.15, 0.2) is 0 Å². The SMILES string of the molecule is O=C(C[C@H](c1ccccc1)c1cccc(Cl)c1)NCCN1CCOCC1. The minimum atomic E-state index is -0.00159. The standard InChI is InChI=1S/C21H25ClN2O2/c22-19-8-4-7-18(15-19)20(17-5-2-1-3-6-17)16-21(25)23-9-10-24-11-13-26-14-12-24/h1-8,15,20H,9-14,16H2,(H,23,25)/t20-/m1/s1. The van der Waals surface area contributed by atoms with Crippen molar-refractivity contribution in [2.24, 2.45) is 0 Å². The van der Waals surface area contributed by atoms with E-state index in [-0.39, 0.29) is 11.8 Å². The van der Waals surface area contributed by atoms with Crippen molar-refractivity contribution in [3.8, 4) is 0 Å². The average molecular weight is 373 g/mol. The molecule has 1 N–H and O–H groups in total. The number of halogens is 1. The Balaban J connectivity index is 1.61. The van der Waals surface area contributed by atoms with Gasteiger partial charge in [0.2, 0.25) is 5.91 Å². The summed E-state index contributed by atoms with van der Waals surface area (Å²) in [5.74, 6) is 0.0605. The molecule has 1 saturated heterocycles. The number of ether oxygens (including phenoxy) is 1. The number of carbonyl (C=O) groups excluding carboxylic acids is 1. The van der Waals surface area contributed by atoms with Crippen LogP contribution in [-0.2, 0) is 9.53 Å². The highest BCUT2D eigenvalue weighted by atomic mass is 35.5. The van der Waals surface area contributed by atoms with E-state index in [1.165, 1.54) is 0 Å². The molecule has 0 bridgehead atoms. The van der Waals surface area contributed by atoms with E-state index < -0.39 is 0 Å². The molecule has 138 valence electrons. The molecule has 1 heterocycles. The lowest BCUT2D eigenvalue weighted by atomic mass is 9.88. The largest absolute Gasteiger partial charge is 0.379 e. The molecule has 1 fully saturated rings. The molecule has 0 aliphatic carbocycles. The van der Waals surface area contributed by atoms with Crippen LogP contribution in [0.25, 0.3) is 0 Å². The number of amides is 1.